The molecule has 3 aromatic carbocycles. The van der Waals surface area contributed by atoms with E-state index in [0.29, 0.717) is 16.9 Å². The number of halogens is 8. The Balaban J connectivity index is 0.00000253. The van der Waals surface area contributed by atoms with E-state index in [0.717, 1.165) is 0 Å². The van der Waals surface area contributed by atoms with Gasteiger partial charge in [0.05, 0.1) is 20.1 Å². The van der Waals surface area contributed by atoms with Gasteiger partial charge in [0.2, 0.25) is 0 Å². The van der Waals surface area contributed by atoms with Crippen LogP contribution in [0.4, 0.5) is 11.4 Å². The van der Waals surface area contributed by atoms with Crippen LogP contribution >= 0.6 is 92.8 Å². The Kier molecular flexibility index (Phi) is 12.8. The van der Waals surface area contributed by atoms with Crippen molar-refractivity contribution in [1.29, 1.82) is 0 Å². The van der Waals surface area contributed by atoms with Crippen LogP contribution in [0.25, 0.3) is 5.32 Å². The summed E-state index contributed by atoms with van der Waals surface area (Å²) in [5.74, 6) is -0.649. The zero-order chi connectivity index (χ0) is 26.5. The number of amidine groups is 1. The molecule has 0 aliphatic carbocycles. The molecule has 0 bridgehead atoms. The molecule has 0 aromatic heterocycles. The van der Waals surface area contributed by atoms with Crippen LogP contribution in [-0.4, -0.2) is 24.2 Å². The van der Waals surface area contributed by atoms with Crippen LogP contribution in [0.2, 0.25) is 40.2 Å². The molecule has 1 aliphatic rings. The van der Waals surface area contributed by atoms with Crippen molar-refractivity contribution >= 4 is 128 Å². The van der Waals surface area contributed by atoms with Crippen LogP contribution in [0.15, 0.2) is 28.2 Å². The monoisotopic (exact) mass is 682 g/mol. The van der Waals surface area contributed by atoms with Crippen molar-refractivity contribution in [3.63, 3.8) is 0 Å². The van der Waals surface area contributed by atoms with Crippen molar-refractivity contribution in [2.45, 2.75) is 6.92 Å². The predicted octanol–water partition coefficient (Wildman–Crippen LogP) is 3.92. The molecular formula is C23H6Cl8N3Na2O2-. The third-order valence-electron chi connectivity index (χ3n) is 5.07. The number of benzene rings is 3. The number of nitrogens with zero attached hydrogens (tertiary/aromatic N) is 3. The Morgan fingerprint density at radius 1 is 0.711 bits per heavy atom. The molecule has 1 heterocycles. The Bertz CT molecular complexity index is 1560. The Morgan fingerprint density at radius 3 is 1.79 bits per heavy atom. The topological polar surface area (TPSA) is 73.0 Å². The van der Waals surface area contributed by atoms with Crippen molar-refractivity contribution in [2.75, 3.05) is 0 Å². The van der Waals surface area contributed by atoms with Gasteiger partial charge in [-0.3, -0.25) is 4.79 Å². The summed E-state index contributed by atoms with van der Waals surface area (Å²) in [6.45, 7) is 1.72. The summed E-state index contributed by atoms with van der Waals surface area (Å²) in [6, 6.07) is 4.99. The molecule has 0 spiro atoms. The molecule has 3 aromatic rings. The molecule has 15 heteroatoms. The van der Waals surface area contributed by atoms with E-state index in [1.807, 2.05) is 0 Å². The first kappa shape index (κ1) is 34.7. The van der Waals surface area contributed by atoms with E-state index in [1.54, 1.807) is 31.4 Å². The fourth-order valence-corrected chi connectivity index (χ4v) is 5.20. The van der Waals surface area contributed by atoms with Gasteiger partial charge in [0.1, 0.15) is 0 Å². The standard InChI is InChI=1S/C23H7Cl8N3O2.2Na/c1-7-10(32-5-8-9(6-35)15(25)19(29)18(28)14(8)24)3-2-4-11(7)33-22-12-13(23(36)34-22)17(27)21(31)20(30)16(12)26;;/h2-4H,1H3,(H,33,34,36);;/q-2;2*+1/p-1. The number of aliphatic imine (C=N–C) groups is 2. The van der Waals surface area contributed by atoms with E-state index >= 15 is 0 Å². The van der Waals surface area contributed by atoms with Crippen LogP contribution in [0.3, 0.4) is 0 Å². The summed E-state index contributed by atoms with van der Waals surface area (Å²) >= 11 is 49.2. The van der Waals surface area contributed by atoms with Gasteiger partial charge in [-0.15, -0.1) is 6.21 Å². The summed E-state index contributed by atoms with van der Waals surface area (Å²) in [6.07, 6.45) is 4.35. The second-order valence-corrected chi connectivity index (χ2v) is 10.1. The Labute approximate surface area is 301 Å². The minimum atomic E-state index is -0.654. The van der Waals surface area contributed by atoms with Crippen LogP contribution in [-0.2, 0) is 4.79 Å². The Hall–Kier alpha value is 0.460. The number of carbonyl (C=O) groups excluding carboxylic acids is 2. The van der Waals surface area contributed by atoms with Gasteiger partial charge in [0.15, 0.2) is 5.91 Å². The molecule has 0 saturated heterocycles. The number of carbonyl (C=O) groups is 1. The quantitative estimate of drug-likeness (QED) is 0.137. The van der Waals surface area contributed by atoms with Gasteiger partial charge in [-0.25, -0.2) is 11.1 Å². The number of rotatable bonds is 4. The maximum absolute atomic E-state index is 12.5. The van der Waals surface area contributed by atoms with E-state index in [4.69, 9.17) is 92.8 Å². The molecule has 0 radical (unpaired) electrons. The summed E-state index contributed by atoms with van der Waals surface area (Å²) in [7, 11) is 0. The fourth-order valence-electron chi connectivity index (χ4n) is 3.25. The zero-order valence-electron chi connectivity index (χ0n) is 19.4. The molecule has 0 fully saturated rings. The largest absolute Gasteiger partial charge is 1.00 e. The molecule has 0 atom stereocenters. The van der Waals surface area contributed by atoms with E-state index in [2.05, 4.69) is 21.5 Å². The summed E-state index contributed by atoms with van der Waals surface area (Å²) in [4.78, 5) is 32.7. The summed E-state index contributed by atoms with van der Waals surface area (Å²) in [5, 5.41) is 3.48. The normalized spacial score (nSPS) is 13.3. The zero-order valence-corrected chi connectivity index (χ0v) is 29.5. The molecule has 1 amide bonds. The number of amides is 1. The molecule has 0 unspecified atom stereocenters. The molecular weight excluding hydrogens is 680 g/mol. The number of hydrogen-bond donors (Lipinski definition) is 0. The average molecular weight is 686 g/mol. The Morgan fingerprint density at radius 2 is 1.21 bits per heavy atom. The van der Waals surface area contributed by atoms with Crippen molar-refractivity contribution in [3.05, 3.63) is 91.5 Å². The van der Waals surface area contributed by atoms with Crippen LogP contribution in [0.1, 0.15) is 32.6 Å². The second-order valence-electron chi connectivity index (χ2n) is 7.11. The first-order valence-corrected chi connectivity index (χ1v) is 12.5. The van der Waals surface area contributed by atoms with Gasteiger partial charge < -0.3 is 20.1 Å². The van der Waals surface area contributed by atoms with Gasteiger partial charge in [0, 0.05) is 27.5 Å². The van der Waals surface area contributed by atoms with Crippen LogP contribution < -0.4 is 59.1 Å². The molecule has 184 valence electrons. The molecule has 5 nitrogen and oxygen atoms in total. The smallest absolute Gasteiger partial charge is 0.436 e. The fraction of sp³-hybridized carbons (Fsp3) is 0.0435. The molecule has 0 saturated carbocycles. The molecule has 38 heavy (non-hydrogen) atoms. The third kappa shape index (κ3) is 6.28. The number of hydrogen-bond acceptors (Lipinski definition) is 4. The first-order chi connectivity index (χ1) is 17.0. The average Bonchev–Trinajstić information content (AvgIpc) is 3.18. The maximum atomic E-state index is 12.5. The van der Waals surface area contributed by atoms with E-state index in [9.17, 15) is 9.59 Å². The van der Waals surface area contributed by atoms with Crippen LogP contribution in [0, 0.1) is 6.92 Å². The van der Waals surface area contributed by atoms with Crippen molar-refractivity contribution in [3.8, 4) is 0 Å². The molecule has 4 rings (SSSR count). The molecule has 1 aliphatic heterocycles. The summed E-state index contributed by atoms with van der Waals surface area (Å²) < 4.78 is 0. The van der Waals surface area contributed by atoms with Gasteiger partial charge >= 0.3 is 59.1 Å². The minimum Gasteiger partial charge on any atom is -0.436 e. The summed E-state index contributed by atoms with van der Waals surface area (Å²) in [5.41, 5.74) is 1.42. The van der Waals surface area contributed by atoms with Gasteiger partial charge in [-0.05, 0) is 24.1 Å². The van der Waals surface area contributed by atoms with E-state index in [1.165, 1.54) is 0 Å². The van der Waals surface area contributed by atoms with Crippen molar-refractivity contribution in [2.24, 2.45) is 9.98 Å². The SMILES string of the molecule is Cc1c(N=[C-]c2c(Cl)c(Cl)c(Cl)c(Cl)c2[C-]=O)cccc1N=C1[N-]C(=O)c2c(Cl)c(Cl)c(Cl)c(Cl)c21.[Na+].[Na+]. The van der Waals surface area contributed by atoms with Gasteiger partial charge in [-0.1, -0.05) is 103 Å². The van der Waals surface area contributed by atoms with E-state index in [-0.39, 0.29) is 127 Å². The minimum absolute atomic E-state index is 0. The second kappa shape index (κ2) is 14.1. The molecule has 0 N–H and O–H groups in total. The third-order valence-corrected chi connectivity index (χ3v) is 8.68. The van der Waals surface area contributed by atoms with Gasteiger partial charge in [-0.2, -0.15) is 23.2 Å². The van der Waals surface area contributed by atoms with Crippen molar-refractivity contribution < 1.29 is 68.7 Å². The van der Waals surface area contributed by atoms with E-state index < -0.39 is 5.91 Å². The first-order valence-electron chi connectivity index (χ1n) is 9.51. The van der Waals surface area contributed by atoms with Crippen LogP contribution in [0.5, 0.6) is 0 Å². The maximum Gasteiger partial charge on any atom is 1.00 e. The van der Waals surface area contributed by atoms with Crippen molar-refractivity contribution in [1.82, 2.24) is 0 Å². The van der Waals surface area contributed by atoms with Gasteiger partial charge in [0.25, 0.3) is 0 Å². The predicted molar refractivity (Wildman–Crippen MR) is 149 cm³/mol. The number of fused-ring (bicyclic) bond motifs is 1.